The van der Waals surface area contributed by atoms with Crippen LogP contribution in [0.3, 0.4) is 0 Å². The van der Waals surface area contributed by atoms with E-state index in [1.807, 2.05) is 6.92 Å². The normalized spacial score (nSPS) is 10.9. The van der Waals surface area contributed by atoms with Gasteiger partial charge in [0, 0.05) is 0 Å². The van der Waals surface area contributed by atoms with Crippen LogP contribution in [0.2, 0.25) is 0 Å². The van der Waals surface area contributed by atoms with E-state index in [2.05, 4.69) is 53.9 Å². The van der Waals surface area contributed by atoms with E-state index < -0.39 is 0 Å². The van der Waals surface area contributed by atoms with E-state index in [0.29, 0.717) is 0 Å². The van der Waals surface area contributed by atoms with Crippen LogP contribution in [-0.2, 0) is 0 Å². The monoisotopic (exact) mass is 245 g/mol. The fraction of sp³-hybridized carbons (Fsp3) is 0.250. The second kappa shape index (κ2) is 3.40. The second-order valence-corrected chi connectivity index (χ2v) is 4.65. The number of benzene rings is 1. The van der Waals surface area contributed by atoms with Gasteiger partial charge in [0.15, 0.2) is 0 Å². The molecule has 0 aliphatic heterocycles. The summed E-state index contributed by atoms with van der Waals surface area (Å²) in [6.07, 6.45) is 0. The van der Waals surface area contributed by atoms with E-state index in [4.69, 9.17) is 0 Å². The van der Waals surface area contributed by atoms with E-state index in [0.717, 1.165) is 11.2 Å². The van der Waals surface area contributed by atoms with Gasteiger partial charge in [0.25, 0.3) is 0 Å². The summed E-state index contributed by atoms with van der Waals surface area (Å²) in [4.78, 5) is 4.58. The van der Waals surface area contributed by atoms with Gasteiger partial charge in [0.05, 0.1) is 0 Å². The quantitative estimate of drug-likeness (QED) is 0.646. The predicted molar refractivity (Wildman–Crippen MR) is 61.3 cm³/mol. The number of aromatic nitrogens is 1. The van der Waals surface area contributed by atoms with E-state index in [1.165, 1.54) is 20.9 Å². The third-order valence-electron chi connectivity index (χ3n) is 2.49. The van der Waals surface area contributed by atoms with Crippen LogP contribution in [-0.4, -0.2) is 21.8 Å². The van der Waals surface area contributed by atoms with Crippen molar-refractivity contribution in [3.05, 3.63) is 35.0 Å². The summed E-state index contributed by atoms with van der Waals surface area (Å²) in [6, 6.07) is 6.44. The average molecular weight is 245 g/mol. The van der Waals surface area contributed by atoms with Crippen LogP contribution in [0.15, 0.2) is 18.2 Å². The Hall–Kier alpha value is -0.812. The summed E-state index contributed by atoms with van der Waals surface area (Å²) >= 11 is 2.62. The van der Waals surface area contributed by atoms with Gasteiger partial charge in [0.2, 0.25) is 0 Å². The van der Waals surface area contributed by atoms with Crippen molar-refractivity contribution in [2.24, 2.45) is 0 Å². The van der Waals surface area contributed by atoms with Crippen LogP contribution in [0.25, 0.3) is 10.9 Å². The minimum atomic E-state index is 1.08. The number of hydrogen-bond donors (Lipinski definition) is 0. The summed E-state index contributed by atoms with van der Waals surface area (Å²) < 4.78 is 1.24. The van der Waals surface area contributed by atoms with Gasteiger partial charge >= 0.3 is 92.9 Å². The third kappa shape index (κ3) is 1.46. The first-order valence-electron chi connectivity index (χ1n) is 4.66. The fourth-order valence-corrected chi connectivity index (χ4v) is 2.21. The molecule has 1 aromatic carbocycles. The maximum absolute atomic E-state index is 4.58. The number of pyridine rings is 1. The van der Waals surface area contributed by atoms with Crippen LogP contribution < -0.4 is 4.35 Å². The van der Waals surface area contributed by atoms with E-state index >= 15 is 0 Å². The molecule has 0 amide bonds. The Morgan fingerprint density at radius 3 is 2.50 bits per heavy atom. The topological polar surface area (TPSA) is 12.9 Å². The Morgan fingerprint density at radius 1 is 1.07 bits per heavy atom. The SMILES string of the molecule is Cc1ccc2c(C)cc(C)c([As])c2n1. The van der Waals surface area contributed by atoms with Crippen molar-refractivity contribution in [3.63, 3.8) is 0 Å². The van der Waals surface area contributed by atoms with Gasteiger partial charge in [-0.25, -0.2) is 0 Å². The van der Waals surface area contributed by atoms with Crippen molar-refractivity contribution >= 4 is 32.1 Å². The van der Waals surface area contributed by atoms with Gasteiger partial charge < -0.3 is 0 Å². The molecule has 1 aromatic heterocycles. The average Bonchev–Trinajstić information content (AvgIpc) is 2.14. The zero-order valence-electron chi connectivity index (χ0n) is 8.63. The van der Waals surface area contributed by atoms with Crippen LogP contribution in [0.1, 0.15) is 16.8 Å². The second-order valence-electron chi connectivity index (χ2n) is 3.71. The van der Waals surface area contributed by atoms with Crippen LogP contribution in [0.4, 0.5) is 0 Å². The van der Waals surface area contributed by atoms with Crippen molar-refractivity contribution in [2.75, 3.05) is 0 Å². The molecule has 0 N–H and O–H groups in total. The predicted octanol–water partition coefficient (Wildman–Crippen LogP) is 1.95. The molecule has 2 aromatic rings. The fourth-order valence-electron chi connectivity index (χ4n) is 1.71. The molecule has 2 radical (unpaired) electrons. The molecule has 0 bridgehead atoms. The number of rotatable bonds is 0. The molecule has 1 nitrogen and oxygen atoms in total. The maximum atomic E-state index is 4.58. The van der Waals surface area contributed by atoms with Gasteiger partial charge in [-0.3, -0.25) is 0 Å². The van der Waals surface area contributed by atoms with Gasteiger partial charge in [-0.05, 0) is 0 Å². The van der Waals surface area contributed by atoms with Gasteiger partial charge in [-0.1, -0.05) is 0 Å². The Kier molecular flexibility index (Phi) is 2.36. The standard InChI is InChI=1S/C12H12AsN/c1-7-6-8(2)11(13)12-10(7)5-4-9(3)14-12/h4-6H,1-3H3. The molecule has 14 heavy (non-hydrogen) atoms. The van der Waals surface area contributed by atoms with Crippen LogP contribution in [0.5, 0.6) is 0 Å². The minimum absolute atomic E-state index is 1.08. The number of aryl methyl sites for hydroxylation is 3. The summed E-state index contributed by atoms with van der Waals surface area (Å²) in [5, 5.41) is 1.26. The Bertz CT molecular complexity index is 503. The Morgan fingerprint density at radius 2 is 1.79 bits per heavy atom. The van der Waals surface area contributed by atoms with Gasteiger partial charge in [-0.2, -0.15) is 0 Å². The molecule has 0 unspecified atom stereocenters. The molecule has 0 fully saturated rings. The molecule has 0 aliphatic rings. The van der Waals surface area contributed by atoms with Crippen molar-refractivity contribution in [3.8, 4) is 0 Å². The molecular formula is C12H12AsN. The summed E-state index contributed by atoms with van der Waals surface area (Å²) in [5.41, 5.74) is 4.81. The first-order valence-corrected chi connectivity index (χ1v) is 5.60. The van der Waals surface area contributed by atoms with Crippen molar-refractivity contribution < 1.29 is 0 Å². The number of fused-ring (bicyclic) bond motifs is 1. The molecule has 0 saturated heterocycles. The van der Waals surface area contributed by atoms with E-state index in [1.54, 1.807) is 0 Å². The molecule has 0 saturated carbocycles. The summed E-state index contributed by atoms with van der Waals surface area (Å²) in [6.45, 7) is 6.30. The first kappa shape index (κ1) is 9.73. The van der Waals surface area contributed by atoms with E-state index in [9.17, 15) is 0 Å². The van der Waals surface area contributed by atoms with Gasteiger partial charge in [0.1, 0.15) is 0 Å². The van der Waals surface area contributed by atoms with E-state index in [-0.39, 0.29) is 0 Å². The Labute approximate surface area is 93.0 Å². The number of hydrogen-bond acceptors (Lipinski definition) is 1. The molecular weight excluding hydrogens is 233 g/mol. The molecule has 0 atom stereocenters. The summed E-state index contributed by atoms with van der Waals surface area (Å²) in [5.74, 6) is 0. The number of nitrogens with zero attached hydrogens (tertiary/aromatic N) is 1. The third-order valence-corrected chi connectivity index (χ3v) is 3.67. The molecule has 2 rings (SSSR count). The molecule has 2 heteroatoms. The molecule has 70 valence electrons. The zero-order chi connectivity index (χ0) is 10.3. The summed E-state index contributed by atoms with van der Waals surface area (Å²) in [7, 11) is 0. The van der Waals surface area contributed by atoms with Crippen molar-refractivity contribution in [2.45, 2.75) is 20.8 Å². The molecule has 0 aliphatic carbocycles. The molecule has 1 heterocycles. The molecule has 0 spiro atoms. The van der Waals surface area contributed by atoms with Crippen molar-refractivity contribution in [1.29, 1.82) is 0 Å². The van der Waals surface area contributed by atoms with Crippen LogP contribution in [0, 0.1) is 20.8 Å². The van der Waals surface area contributed by atoms with Crippen LogP contribution >= 0.6 is 0 Å². The van der Waals surface area contributed by atoms with Crippen molar-refractivity contribution in [1.82, 2.24) is 4.98 Å². The zero-order valence-corrected chi connectivity index (χ0v) is 10.5. The van der Waals surface area contributed by atoms with Gasteiger partial charge in [-0.15, -0.1) is 0 Å². The first-order chi connectivity index (χ1) is 6.59. The Balaban J connectivity index is 2.95.